The Hall–Kier alpha value is -1.81. The van der Waals surface area contributed by atoms with Crippen LogP contribution in [0.2, 0.25) is 0 Å². The van der Waals surface area contributed by atoms with E-state index in [-0.39, 0.29) is 24.2 Å². The second-order valence-electron chi connectivity index (χ2n) is 4.42. The molecule has 0 fully saturated rings. The van der Waals surface area contributed by atoms with Crippen LogP contribution < -0.4 is 0 Å². The van der Waals surface area contributed by atoms with Gasteiger partial charge in [0.2, 0.25) is 0 Å². The van der Waals surface area contributed by atoms with E-state index in [1.54, 1.807) is 12.1 Å². The molecule has 0 saturated carbocycles. The Bertz CT molecular complexity index is 552. The predicted octanol–water partition coefficient (Wildman–Crippen LogP) is 3.25. The molecule has 100 valence electrons. The first-order chi connectivity index (χ1) is 9.04. The smallest absolute Gasteiger partial charge is 0.129 e. The topological polar surface area (TPSA) is 20.2 Å². The Morgan fingerprint density at radius 3 is 2.11 bits per heavy atom. The molecule has 1 unspecified atom stereocenters. The molecule has 19 heavy (non-hydrogen) atoms. The van der Waals surface area contributed by atoms with Gasteiger partial charge in [-0.05, 0) is 35.7 Å². The van der Waals surface area contributed by atoms with Crippen molar-refractivity contribution in [2.45, 2.75) is 18.9 Å². The molecular weight excluding hydrogens is 253 g/mol. The third-order valence-corrected chi connectivity index (χ3v) is 2.86. The van der Waals surface area contributed by atoms with Crippen LogP contribution in [0.25, 0.3) is 0 Å². The highest BCUT2D eigenvalue weighted by Crippen LogP contribution is 2.14. The first-order valence-electron chi connectivity index (χ1n) is 5.91. The van der Waals surface area contributed by atoms with Gasteiger partial charge in [0.1, 0.15) is 17.5 Å². The van der Waals surface area contributed by atoms with Crippen molar-refractivity contribution in [3.05, 3.63) is 71.0 Å². The van der Waals surface area contributed by atoms with Gasteiger partial charge in [-0.3, -0.25) is 0 Å². The summed E-state index contributed by atoms with van der Waals surface area (Å²) in [6, 6.07) is 9.02. The molecule has 1 N–H and O–H groups in total. The van der Waals surface area contributed by atoms with E-state index in [0.717, 1.165) is 17.7 Å². The molecular formula is C15H13F3O. The lowest BCUT2D eigenvalue weighted by Gasteiger charge is -2.11. The predicted molar refractivity (Wildman–Crippen MR) is 66.2 cm³/mol. The number of hydrogen-bond acceptors (Lipinski definition) is 1. The zero-order valence-electron chi connectivity index (χ0n) is 10.1. The van der Waals surface area contributed by atoms with Crippen LogP contribution in [0.4, 0.5) is 13.2 Å². The van der Waals surface area contributed by atoms with Crippen LogP contribution in [0, 0.1) is 17.5 Å². The minimum Gasteiger partial charge on any atom is -0.392 e. The summed E-state index contributed by atoms with van der Waals surface area (Å²) in [4.78, 5) is 0. The maximum atomic E-state index is 13.4. The Kier molecular flexibility index (Phi) is 4.22. The largest absolute Gasteiger partial charge is 0.392 e. The lowest BCUT2D eigenvalue weighted by molar-refractivity contribution is 0.174. The quantitative estimate of drug-likeness (QED) is 0.900. The average Bonchev–Trinajstić information content (AvgIpc) is 2.36. The first kappa shape index (κ1) is 13.6. The number of hydrogen-bond donors (Lipinski definition) is 1. The van der Waals surface area contributed by atoms with Crippen LogP contribution in [0.1, 0.15) is 11.1 Å². The monoisotopic (exact) mass is 266 g/mol. The second-order valence-corrected chi connectivity index (χ2v) is 4.42. The number of halogens is 3. The van der Waals surface area contributed by atoms with E-state index in [9.17, 15) is 18.3 Å². The first-order valence-corrected chi connectivity index (χ1v) is 5.91. The van der Waals surface area contributed by atoms with Gasteiger partial charge in [0, 0.05) is 12.5 Å². The molecule has 0 aliphatic heterocycles. The van der Waals surface area contributed by atoms with Crippen LogP contribution in [0.3, 0.4) is 0 Å². The summed E-state index contributed by atoms with van der Waals surface area (Å²) in [5.41, 5.74) is 1.02. The molecule has 0 spiro atoms. The minimum atomic E-state index is -0.801. The van der Waals surface area contributed by atoms with Crippen LogP contribution in [0.5, 0.6) is 0 Å². The zero-order valence-corrected chi connectivity index (χ0v) is 10.1. The molecule has 2 rings (SSSR count). The number of aliphatic hydroxyl groups excluding tert-OH is 1. The van der Waals surface area contributed by atoms with Gasteiger partial charge >= 0.3 is 0 Å². The zero-order chi connectivity index (χ0) is 13.8. The average molecular weight is 266 g/mol. The maximum Gasteiger partial charge on any atom is 0.129 e. The molecule has 0 saturated heterocycles. The summed E-state index contributed by atoms with van der Waals surface area (Å²) in [7, 11) is 0. The Balaban J connectivity index is 2.01. The van der Waals surface area contributed by atoms with E-state index in [0.29, 0.717) is 0 Å². The van der Waals surface area contributed by atoms with Gasteiger partial charge in [-0.1, -0.05) is 18.2 Å². The van der Waals surface area contributed by atoms with Gasteiger partial charge in [0.15, 0.2) is 0 Å². The molecule has 1 nitrogen and oxygen atoms in total. The Morgan fingerprint density at radius 1 is 0.842 bits per heavy atom. The molecule has 2 aromatic carbocycles. The summed E-state index contributed by atoms with van der Waals surface area (Å²) in [5.74, 6) is -1.66. The standard InChI is InChI=1S/C15H13F3O/c16-12-4-1-10(2-5-12)7-14(19)8-11-3-6-13(17)9-15(11)18/h1-6,9,14,19H,7-8H2. The normalized spacial score (nSPS) is 12.4. The molecule has 0 aliphatic rings. The van der Waals surface area contributed by atoms with E-state index in [1.807, 2.05) is 0 Å². The van der Waals surface area contributed by atoms with Crippen molar-refractivity contribution in [3.8, 4) is 0 Å². The second kappa shape index (κ2) is 5.89. The van der Waals surface area contributed by atoms with Gasteiger partial charge in [0.05, 0.1) is 6.10 Å². The summed E-state index contributed by atoms with van der Waals surface area (Å²) < 4.78 is 38.8. The number of rotatable bonds is 4. The molecule has 0 bridgehead atoms. The lowest BCUT2D eigenvalue weighted by atomic mass is 10.0. The van der Waals surface area contributed by atoms with Crippen molar-refractivity contribution in [1.82, 2.24) is 0 Å². The molecule has 4 heteroatoms. The molecule has 1 atom stereocenters. The molecule has 0 aliphatic carbocycles. The van der Waals surface area contributed by atoms with Gasteiger partial charge in [-0.25, -0.2) is 13.2 Å². The van der Waals surface area contributed by atoms with Gasteiger partial charge in [0.25, 0.3) is 0 Å². The maximum absolute atomic E-state index is 13.4. The summed E-state index contributed by atoms with van der Waals surface area (Å²) >= 11 is 0. The highest BCUT2D eigenvalue weighted by atomic mass is 19.1. The van der Waals surface area contributed by atoms with Crippen molar-refractivity contribution < 1.29 is 18.3 Å². The minimum absolute atomic E-state index is 0.0868. The van der Waals surface area contributed by atoms with Crippen LogP contribution >= 0.6 is 0 Å². The fourth-order valence-corrected chi connectivity index (χ4v) is 1.91. The molecule has 0 amide bonds. The van der Waals surface area contributed by atoms with Crippen molar-refractivity contribution in [2.75, 3.05) is 0 Å². The highest BCUT2D eigenvalue weighted by molar-refractivity contribution is 5.21. The third kappa shape index (κ3) is 3.83. The van der Waals surface area contributed by atoms with Crippen molar-refractivity contribution in [3.63, 3.8) is 0 Å². The summed E-state index contributed by atoms with van der Waals surface area (Å²) in [6.45, 7) is 0. The fraction of sp³-hybridized carbons (Fsp3) is 0.200. The van der Waals surface area contributed by atoms with Gasteiger partial charge in [-0.15, -0.1) is 0 Å². The molecule has 0 radical (unpaired) electrons. The van der Waals surface area contributed by atoms with Crippen molar-refractivity contribution in [2.24, 2.45) is 0 Å². The molecule has 2 aromatic rings. The van der Waals surface area contributed by atoms with Gasteiger partial charge < -0.3 is 5.11 Å². The van der Waals surface area contributed by atoms with Gasteiger partial charge in [-0.2, -0.15) is 0 Å². The Morgan fingerprint density at radius 2 is 1.47 bits per heavy atom. The lowest BCUT2D eigenvalue weighted by Crippen LogP contribution is -2.15. The summed E-state index contributed by atoms with van der Waals surface area (Å²) in [6.07, 6.45) is -0.425. The van der Waals surface area contributed by atoms with Crippen LogP contribution in [0.15, 0.2) is 42.5 Å². The van der Waals surface area contributed by atoms with E-state index in [4.69, 9.17) is 0 Å². The van der Waals surface area contributed by atoms with E-state index >= 15 is 0 Å². The van der Waals surface area contributed by atoms with E-state index < -0.39 is 17.7 Å². The van der Waals surface area contributed by atoms with E-state index in [1.165, 1.54) is 18.2 Å². The van der Waals surface area contributed by atoms with Crippen molar-refractivity contribution in [1.29, 1.82) is 0 Å². The number of aliphatic hydroxyl groups is 1. The number of benzene rings is 2. The SMILES string of the molecule is OC(Cc1ccc(F)cc1)Cc1ccc(F)cc1F. The molecule has 0 heterocycles. The Labute approximate surface area is 109 Å². The summed E-state index contributed by atoms with van der Waals surface area (Å²) in [5, 5.41) is 9.86. The van der Waals surface area contributed by atoms with Crippen LogP contribution in [-0.2, 0) is 12.8 Å². The van der Waals surface area contributed by atoms with E-state index in [2.05, 4.69) is 0 Å². The fourth-order valence-electron chi connectivity index (χ4n) is 1.91. The van der Waals surface area contributed by atoms with Crippen LogP contribution in [-0.4, -0.2) is 11.2 Å². The highest BCUT2D eigenvalue weighted by Gasteiger charge is 2.11. The van der Waals surface area contributed by atoms with Crippen molar-refractivity contribution >= 4 is 0 Å². The molecule has 0 aromatic heterocycles. The third-order valence-electron chi connectivity index (χ3n) is 2.86.